The lowest BCUT2D eigenvalue weighted by molar-refractivity contribution is 0.139. The molecule has 10 nitrogen and oxygen atoms in total. The van der Waals surface area contributed by atoms with Gasteiger partial charge in [0.2, 0.25) is 5.95 Å². The molecule has 0 spiro atoms. The first-order chi connectivity index (χ1) is 16.4. The summed E-state index contributed by atoms with van der Waals surface area (Å²) >= 11 is 0. The van der Waals surface area contributed by atoms with Gasteiger partial charge in [0, 0.05) is 52.1 Å². The van der Waals surface area contributed by atoms with Gasteiger partial charge in [-0.25, -0.2) is 28.6 Å². The van der Waals surface area contributed by atoms with Crippen LogP contribution in [0.4, 0.5) is 19.5 Å². The minimum Gasteiger partial charge on any atom is -0.337 e. The maximum Gasteiger partial charge on any atom is 0.341 e. The number of carbonyl (C=O) groups excluding carboxylic acids is 1. The van der Waals surface area contributed by atoms with Crippen LogP contribution in [0.25, 0.3) is 11.4 Å². The SMILES string of the molecule is Cc1cc(-c2nc(N3CCN(C(=O)N4N=CC[C@H]4c4cncc(F)c4)CC3)ncc2F)n(C)n1. The fraction of sp³-hybridized carbons (Fsp3) is 0.364. The van der Waals surface area contributed by atoms with E-state index in [0.29, 0.717) is 49.8 Å². The Labute approximate surface area is 194 Å². The molecule has 0 aromatic carbocycles. The molecular weight excluding hydrogens is 444 g/mol. The third-order valence-corrected chi connectivity index (χ3v) is 5.95. The highest BCUT2D eigenvalue weighted by molar-refractivity contribution is 5.78. The van der Waals surface area contributed by atoms with Crippen LogP contribution in [0.5, 0.6) is 0 Å². The first-order valence-electron chi connectivity index (χ1n) is 10.9. The van der Waals surface area contributed by atoms with Crippen LogP contribution in [0.3, 0.4) is 0 Å². The van der Waals surface area contributed by atoms with E-state index in [1.165, 1.54) is 11.1 Å². The fourth-order valence-electron chi connectivity index (χ4n) is 4.25. The number of rotatable bonds is 3. The Bertz CT molecular complexity index is 1250. The molecule has 5 rings (SSSR count). The van der Waals surface area contributed by atoms with Crippen LogP contribution in [0.1, 0.15) is 23.7 Å². The van der Waals surface area contributed by atoms with Gasteiger partial charge in [-0.2, -0.15) is 10.2 Å². The van der Waals surface area contributed by atoms with Crippen molar-refractivity contribution in [2.45, 2.75) is 19.4 Å². The number of hydrogen-bond donors (Lipinski definition) is 0. The number of piperazine rings is 1. The number of halogens is 2. The fourth-order valence-corrected chi connectivity index (χ4v) is 4.25. The molecule has 1 fully saturated rings. The second-order valence-corrected chi connectivity index (χ2v) is 8.25. The number of anilines is 1. The van der Waals surface area contributed by atoms with Gasteiger partial charge in [0.1, 0.15) is 11.5 Å². The predicted molar refractivity (Wildman–Crippen MR) is 120 cm³/mol. The first kappa shape index (κ1) is 21.9. The number of aryl methyl sites for hydroxylation is 2. The normalized spacial score (nSPS) is 18.1. The van der Waals surface area contributed by atoms with Crippen LogP contribution in [0.2, 0.25) is 0 Å². The van der Waals surface area contributed by atoms with E-state index in [0.717, 1.165) is 18.1 Å². The topological polar surface area (TPSA) is 95.6 Å². The van der Waals surface area contributed by atoms with E-state index in [1.54, 1.807) is 35.1 Å². The van der Waals surface area contributed by atoms with Crippen molar-refractivity contribution in [3.05, 3.63) is 53.6 Å². The molecule has 0 bridgehead atoms. The Morgan fingerprint density at radius 2 is 1.88 bits per heavy atom. The average Bonchev–Trinajstić information content (AvgIpc) is 3.45. The van der Waals surface area contributed by atoms with Gasteiger partial charge in [0.15, 0.2) is 5.82 Å². The summed E-state index contributed by atoms with van der Waals surface area (Å²) in [7, 11) is 1.74. The molecule has 0 unspecified atom stereocenters. The quantitative estimate of drug-likeness (QED) is 0.588. The van der Waals surface area contributed by atoms with E-state index >= 15 is 0 Å². The monoisotopic (exact) mass is 467 g/mol. The van der Waals surface area contributed by atoms with E-state index in [9.17, 15) is 13.6 Å². The molecule has 2 amide bonds. The molecule has 12 heteroatoms. The minimum atomic E-state index is -0.523. The molecule has 34 heavy (non-hydrogen) atoms. The lowest BCUT2D eigenvalue weighted by Crippen LogP contribution is -2.52. The first-order valence-corrected chi connectivity index (χ1v) is 10.9. The molecule has 0 aliphatic carbocycles. The Morgan fingerprint density at radius 1 is 1.09 bits per heavy atom. The van der Waals surface area contributed by atoms with Crippen molar-refractivity contribution < 1.29 is 13.6 Å². The number of hydrogen-bond acceptors (Lipinski definition) is 7. The number of hydrazone groups is 1. The largest absolute Gasteiger partial charge is 0.341 e. The lowest BCUT2D eigenvalue weighted by Gasteiger charge is -2.37. The summed E-state index contributed by atoms with van der Waals surface area (Å²) in [6, 6.07) is 2.50. The highest BCUT2D eigenvalue weighted by Crippen LogP contribution is 2.30. The summed E-state index contributed by atoms with van der Waals surface area (Å²) in [5.41, 5.74) is 2.12. The van der Waals surface area contributed by atoms with E-state index in [-0.39, 0.29) is 17.8 Å². The molecule has 2 aliphatic heterocycles. The van der Waals surface area contributed by atoms with Crippen molar-refractivity contribution in [3.8, 4) is 11.4 Å². The average molecular weight is 467 g/mol. The van der Waals surface area contributed by atoms with Crippen LogP contribution in [0.15, 0.2) is 35.8 Å². The zero-order valence-corrected chi connectivity index (χ0v) is 18.8. The summed E-state index contributed by atoms with van der Waals surface area (Å²) < 4.78 is 29.7. The number of nitrogens with zero attached hydrogens (tertiary/aromatic N) is 9. The van der Waals surface area contributed by atoms with Crippen molar-refractivity contribution in [2.24, 2.45) is 12.1 Å². The molecule has 3 aromatic rings. The number of pyridine rings is 1. The standard InChI is InChI=1S/C22H23F2N9O/c1-14-9-19(30(2)29-14)20-17(24)13-26-21(28-20)31-5-7-32(8-6-31)22(34)33-18(3-4-27-33)15-10-16(23)12-25-11-15/h4,9-13,18H,3,5-8H2,1-2H3/t18-/m0/s1. The third kappa shape index (κ3) is 4.06. The third-order valence-electron chi connectivity index (χ3n) is 5.95. The molecule has 5 heterocycles. The molecule has 1 atom stereocenters. The van der Waals surface area contributed by atoms with Crippen LogP contribution < -0.4 is 4.90 Å². The molecule has 0 saturated carbocycles. The van der Waals surface area contributed by atoms with Gasteiger partial charge >= 0.3 is 6.03 Å². The maximum absolute atomic E-state index is 14.5. The van der Waals surface area contributed by atoms with E-state index in [4.69, 9.17) is 0 Å². The maximum atomic E-state index is 14.5. The summed E-state index contributed by atoms with van der Waals surface area (Å²) in [4.78, 5) is 29.2. The van der Waals surface area contributed by atoms with Gasteiger partial charge in [0.05, 0.1) is 29.8 Å². The molecule has 0 N–H and O–H groups in total. The lowest BCUT2D eigenvalue weighted by atomic mass is 10.1. The van der Waals surface area contributed by atoms with Crippen molar-refractivity contribution >= 4 is 18.2 Å². The van der Waals surface area contributed by atoms with Gasteiger partial charge in [0.25, 0.3) is 0 Å². The number of aromatic nitrogens is 5. The Morgan fingerprint density at radius 3 is 2.59 bits per heavy atom. The van der Waals surface area contributed by atoms with E-state index < -0.39 is 11.6 Å². The zero-order valence-electron chi connectivity index (χ0n) is 18.8. The van der Waals surface area contributed by atoms with Crippen LogP contribution in [-0.2, 0) is 7.05 Å². The van der Waals surface area contributed by atoms with E-state index in [2.05, 4.69) is 25.2 Å². The molecule has 176 valence electrons. The van der Waals surface area contributed by atoms with Gasteiger partial charge < -0.3 is 9.80 Å². The zero-order chi connectivity index (χ0) is 23.8. The summed E-state index contributed by atoms with van der Waals surface area (Å²) in [6.07, 6.45) is 5.99. The summed E-state index contributed by atoms with van der Waals surface area (Å²) in [5, 5.41) is 9.86. The van der Waals surface area contributed by atoms with Gasteiger partial charge in [-0.05, 0) is 24.6 Å². The van der Waals surface area contributed by atoms with E-state index in [1.807, 2.05) is 11.8 Å². The van der Waals surface area contributed by atoms with Gasteiger partial charge in [-0.1, -0.05) is 0 Å². The highest BCUT2D eigenvalue weighted by atomic mass is 19.1. The Balaban J connectivity index is 1.28. The second kappa shape index (κ2) is 8.76. The van der Waals surface area contributed by atoms with Gasteiger partial charge in [-0.15, -0.1) is 0 Å². The molecular formula is C22H23F2N9O. The number of amides is 2. The molecule has 0 radical (unpaired) electrons. The van der Waals surface area contributed by atoms with Crippen molar-refractivity contribution in [2.75, 3.05) is 31.1 Å². The minimum absolute atomic E-state index is 0.185. The predicted octanol–water partition coefficient (Wildman–Crippen LogP) is 2.53. The van der Waals surface area contributed by atoms with Crippen LogP contribution in [0, 0.1) is 18.6 Å². The van der Waals surface area contributed by atoms with Gasteiger partial charge in [-0.3, -0.25) is 9.67 Å². The smallest absolute Gasteiger partial charge is 0.337 e. The highest BCUT2D eigenvalue weighted by Gasteiger charge is 2.34. The van der Waals surface area contributed by atoms with Crippen LogP contribution >= 0.6 is 0 Å². The molecule has 2 aliphatic rings. The molecule has 1 saturated heterocycles. The Hall–Kier alpha value is -3.96. The van der Waals surface area contributed by atoms with Crippen molar-refractivity contribution in [3.63, 3.8) is 0 Å². The van der Waals surface area contributed by atoms with Crippen LogP contribution in [-0.4, -0.2) is 73.1 Å². The van der Waals surface area contributed by atoms with Crippen molar-refractivity contribution in [1.82, 2.24) is 34.6 Å². The summed E-state index contributed by atoms with van der Waals surface area (Å²) in [6.45, 7) is 3.62. The van der Waals surface area contributed by atoms with Crippen molar-refractivity contribution in [1.29, 1.82) is 0 Å². The summed E-state index contributed by atoms with van der Waals surface area (Å²) in [5.74, 6) is -0.582. The molecule has 3 aromatic heterocycles. The number of carbonyl (C=O) groups is 1. The Kier molecular flexibility index (Phi) is 5.64. The second-order valence-electron chi connectivity index (χ2n) is 8.25. The number of urea groups is 1.